The van der Waals surface area contributed by atoms with E-state index in [0.717, 1.165) is 27.6 Å². The highest BCUT2D eigenvalue weighted by Gasteiger charge is 2.12. The van der Waals surface area contributed by atoms with Gasteiger partial charge in [-0.15, -0.1) is 6.42 Å². The number of terminal acetylenes is 1. The number of fused-ring (bicyclic) bond motifs is 1. The first-order valence-electron chi connectivity index (χ1n) is 7.12. The molecule has 3 nitrogen and oxygen atoms in total. The summed E-state index contributed by atoms with van der Waals surface area (Å²) in [6.45, 7) is 4.31. The van der Waals surface area contributed by atoms with E-state index in [1.54, 1.807) is 4.57 Å². The Morgan fingerprint density at radius 2 is 1.82 bits per heavy atom. The highest BCUT2D eigenvalue weighted by Crippen LogP contribution is 2.27. The van der Waals surface area contributed by atoms with Crippen LogP contribution in [0.15, 0.2) is 47.3 Å². The highest BCUT2D eigenvalue weighted by atomic mass is 16.1. The minimum absolute atomic E-state index is 0.222. The lowest BCUT2D eigenvalue weighted by Crippen LogP contribution is -2.24. The second kappa shape index (κ2) is 5.50. The van der Waals surface area contributed by atoms with Gasteiger partial charge in [0.05, 0.1) is 17.8 Å². The number of aromatic nitrogens is 2. The van der Waals surface area contributed by atoms with Crippen molar-refractivity contribution in [3.63, 3.8) is 0 Å². The third kappa shape index (κ3) is 2.29. The Morgan fingerprint density at radius 1 is 1.14 bits per heavy atom. The first kappa shape index (κ1) is 14.1. The van der Waals surface area contributed by atoms with E-state index < -0.39 is 0 Å². The van der Waals surface area contributed by atoms with Gasteiger partial charge in [-0.05, 0) is 37.1 Å². The van der Waals surface area contributed by atoms with Crippen LogP contribution >= 0.6 is 0 Å². The van der Waals surface area contributed by atoms with Crippen LogP contribution in [0.25, 0.3) is 22.2 Å². The molecular weight excluding hydrogens is 272 g/mol. The molecule has 0 amide bonds. The van der Waals surface area contributed by atoms with Gasteiger partial charge in [0.1, 0.15) is 0 Å². The molecule has 2 aromatic carbocycles. The number of rotatable bonds is 2. The molecule has 1 heterocycles. The summed E-state index contributed by atoms with van der Waals surface area (Å²) >= 11 is 0. The van der Waals surface area contributed by atoms with Crippen LogP contribution in [0.3, 0.4) is 0 Å². The van der Waals surface area contributed by atoms with Gasteiger partial charge in [-0.25, -0.2) is 4.79 Å². The molecule has 0 atom stereocenters. The quantitative estimate of drug-likeness (QED) is 0.678. The van der Waals surface area contributed by atoms with Gasteiger partial charge in [0.15, 0.2) is 0 Å². The van der Waals surface area contributed by atoms with Crippen molar-refractivity contribution >= 4 is 10.9 Å². The molecule has 0 fully saturated rings. The Hall–Kier alpha value is -2.86. The van der Waals surface area contributed by atoms with Gasteiger partial charge in [-0.3, -0.25) is 4.57 Å². The van der Waals surface area contributed by atoms with Crippen LogP contribution in [0.5, 0.6) is 0 Å². The minimum atomic E-state index is -0.312. The molecule has 3 heteroatoms. The summed E-state index contributed by atoms with van der Waals surface area (Å²) in [7, 11) is 0. The summed E-state index contributed by atoms with van der Waals surface area (Å²) in [6.07, 6.45) is 5.40. The molecular formula is C19H16N2O. The molecule has 22 heavy (non-hydrogen) atoms. The number of nitrogens with zero attached hydrogens (tertiary/aromatic N) is 2. The predicted octanol–water partition coefficient (Wildman–Crippen LogP) is 3.31. The molecule has 0 saturated heterocycles. The van der Waals surface area contributed by atoms with Gasteiger partial charge >= 0.3 is 5.69 Å². The smallest absolute Gasteiger partial charge is 0.280 e. The summed E-state index contributed by atoms with van der Waals surface area (Å²) in [5.41, 5.74) is 4.45. The maximum absolute atomic E-state index is 12.4. The normalized spacial score (nSPS) is 10.6. The standard InChI is InChI=1S/C19H16N2O/c1-4-10-21-17-12-14(3)13(2)11-16(17)18(20-19(21)22)15-8-6-5-7-9-15/h1,5-9,11-12H,10H2,2-3H3. The first-order chi connectivity index (χ1) is 10.6. The molecule has 0 aliphatic rings. The molecule has 0 unspecified atom stereocenters. The Morgan fingerprint density at radius 3 is 2.50 bits per heavy atom. The van der Waals surface area contributed by atoms with Gasteiger partial charge in [-0.2, -0.15) is 4.98 Å². The van der Waals surface area contributed by atoms with Crippen LogP contribution in [0.4, 0.5) is 0 Å². The predicted molar refractivity (Wildman–Crippen MR) is 89.7 cm³/mol. The zero-order chi connectivity index (χ0) is 15.7. The van der Waals surface area contributed by atoms with Crippen molar-refractivity contribution in [3.05, 3.63) is 64.1 Å². The average Bonchev–Trinajstić information content (AvgIpc) is 2.52. The molecule has 108 valence electrons. The van der Waals surface area contributed by atoms with E-state index in [1.807, 2.05) is 43.3 Å². The van der Waals surface area contributed by atoms with E-state index in [0.29, 0.717) is 5.69 Å². The zero-order valence-corrected chi connectivity index (χ0v) is 12.6. The van der Waals surface area contributed by atoms with Crippen LogP contribution in [-0.4, -0.2) is 9.55 Å². The van der Waals surface area contributed by atoms with Crippen LogP contribution in [0, 0.1) is 26.2 Å². The third-order valence-electron chi connectivity index (χ3n) is 3.89. The maximum Gasteiger partial charge on any atom is 0.349 e. The van der Waals surface area contributed by atoms with Crippen molar-refractivity contribution < 1.29 is 0 Å². The second-order valence-corrected chi connectivity index (χ2v) is 5.35. The second-order valence-electron chi connectivity index (χ2n) is 5.35. The largest absolute Gasteiger partial charge is 0.349 e. The van der Waals surface area contributed by atoms with Crippen molar-refractivity contribution in [1.29, 1.82) is 0 Å². The van der Waals surface area contributed by atoms with Gasteiger partial charge in [0.2, 0.25) is 0 Å². The summed E-state index contributed by atoms with van der Waals surface area (Å²) in [6, 6.07) is 13.8. The number of hydrogen-bond acceptors (Lipinski definition) is 2. The summed E-state index contributed by atoms with van der Waals surface area (Å²) < 4.78 is 1.55. The maximum atomic E-state index is 12.4. The van der Waals surface area contributed by atoms with Crippen LogP contribution in [0.1, 0.15) is 11.1 Å². The number of hydrogen-bond donors (Lipinski definition) is 0. The van der Waals surface area contributed by atoms with Gasteiger partial charge in [-0.1, -0.05) is 36.3 Å². The number of benzene rings is 2. The van der Waals surface area contributed by atoms with Crippen LogP contribution in [-0.2, 0) is 6.54 Å². The molecule has 3 rings (SSSR count). The lowest BCUT2D eigenvalue weighted by Gasteiger charge is -2.13. The Balaban J connectivity index is 2.45. The first-order valence-corrected chi connectivity index (χ1v) is 7.12. The fourth-order valence-electron chi connectivity index (χ4n) is 2.59. The van der Waals surface area contributed by atoms with Crippen molar-refractivity contribution in [2.24, 2.45) is 0 Å². The van der Waals surface area contributed by atoms with Crippen LogP contribution in [0.2, 0.25) is 0 Å². The zero-order valence-electron chi connectivity index (χ0n) is 12.6. The molecule has 0 spiro atoms. The Kier molecular flexibility index (Phi) is 3.52. The molecule has 0 N–H and O–H groups in total. The van der Waals surface area contributed by atoms with E-state index >= 15 is 0 Å². The van der Waals surface area contributed by atoms with E-state index in [-0.39, 0.29) is 12.2 Å². The fraction of sp³-hybridized carbons (Fsp3) is 0.158. The van der Waals surface area contributed by atoms with E-state index in [9.17, 15) is 4.79 Å². The lowest BCUT2D eigenvalue weighted by atomic mass is 10.0. The summed E-state index contributed by atoms with van der Waals surface area (Å²) in [5, 5.41) is 0.948. The topological polar surface area (TPSA) is 34.9 Å². The summed E-state index contributed by atoms with van der Waals surface area (Å²) in [4.78, 5) is 16.6. The van der Waals surface area contributed by atoms with Gasteiger partial charge < -0.3 is 0 Å². The monoisotopic (exact) mass is 288 g/mol. The molecule has 0 saturated carbocycles. The molecule has 0 radical (unpaired) electrons. The molecule has 0 bridgehead atoms. The highest BCUT2D eigenvalue weighted by molar-refractivity contribution is 5.93. The van der Waals surface area contributed by atoms with E-state index in [2.05, 4.69) is 23.9 Å². The van der Waals surface area contributed by atoms with Crippen LogP contribution < -0.4 is 5.69 Å². The van der Waals surface area contributed by atoms with Crippen molar-refractivity contribution in [1.82, 2.24) is 9.55 Å². The van der Waals surface area contributed by atoms with Crippen molar-refractivity contribution in [3.8, 4) is 23.6 Å². The Bertz CT molecular complexity index is 947. The molecule has 1 aromatic heterocycles. The van der Waals surface area contributed by atoms with E-state index in [1.165, 1.54) is 0 Å². The summed E-state index contributed by atoms with van der Waals surface area (Å²) in [5.74, 6) is 2.53. The van der Waals surface area contributed by atoms with Gasteiger partial charge in [0.25, 0.3) is 0 Å². The van der Waals surface area contributed by atoms with Gasteiger partial charge in [0, 0.05) is 10.9 Å². The minimum Gasteiger partial charge on any atom is -0.280 e. The molecule has 0 aliphatic heterocycles. The lowest BCUT2D eigenvalue weighted by molar-refractivity contribution is 0.797. The average molecular weight is 288 g/mol. The van der Waals surface area contributed by atoms with Crippen molar-refractivity contribution in [2.75, 3.05) is 0 Å². The molecule has 0 aliphatic carbocycles. The Labute approximate surface area is 129 Å². The van der Waals surface area contributed by atoms with Crippen molar-refractivity contribution in [2.45, 2.75) is 20.4 Å². The van der Waals surface area contributed by atoms with E-state index in [4.69, 9.17) is 6.42 Å². The fourth-order valence-corrected chi connectivity index (χ4v) is 2.59. The third-order valence-corrected chi connectivity index (χ3v) is 3.89. The molecule has 3 aromatic rings. The number of aryl methyl sites for hydroxylation is 2. The SMILES string of the molecule is C#CCn1c(=O)nc(-c2ccccc2)c2cc(C)c(C)cc21.